The smallest absolute Gasteiger partial charge is 0.329 e. The molecule has 2 fully saturated rings. The Morgan fingerprint density at radius 1 is 0.700 bits per heavy atom. The van der Waals surface area contributed by atoms with E-state index in [0.717, 1.165) is 11.1 Å². The maximum absolute atomic E-state index is 14.2. The molecule has 3 amide bonds. The SMILES string of the molecule is O=C(O)[C@@H]1[C@H]2CC[C@@H](CN1C(=O)N(c1ccccc1)c1ccccc1)N2C(=O)c1ccccc1-c1ccccc1. The number of aliphatic carboxylic acids is 1. The van der Waals surface area contributed by atoms with E-state index in [1.54, 1.807) is 15.9 Å². The second kappa shape index (κ2) is 10.7. The summed E-state index contributed by atoms with van der Waals surface area (Å²) >= 11 is 0. The van der Waals surface area contributed by atoms with Gasteiger partial charge in [-0.3, -0.25) is 9.69 Å². The molecule has 2 aliphatic heterocycles. The Morgan fingerprint density at radius 3 is 1.85 bits per heavy atom. The first-order valence-corrected chi connectivity index (χ1v) is 13.5. The van der Waals surface area contributed by atoms with E-state index in [-0.39, 0.29) is 18.5 Å². The standard InChI is InChI=1S/C33H29N3O4/c37-31(28-19-11-10-18-27(28)23-12-4-1-5-13-23)36-26-20-21-29(36)30(32(38)39)34(22-26)33(40)35(24-14-6-2-7-15-24)25-16-8-3-9-17-25/h1-19,26,29-30H,20-22H2,(H,38,39)/t26-,29+,30-/m0/s1. The highest BCUT2D eigenvalue weighted by Gasteiger charge is 2.53. The molecule has 4 aromatic rings. The van der Waals surface area contributed by atoms with Crippen LogP contribution in [0.4, 0.5) is 16.2 Å². The van der Waals surface area contributed by atoms with E-state index in [9.17, 15) is 19.5 Å². The van der Waals surface area contributed by atoms with Gasteiger partial charge in [0.2, 0.25) is 0 Å². The number of urea groups is 1. The number of amides is 3. The number of hydrogen-bond donors (Lipinski definition) is 1. The van der Waals surface area contributed by atoms with E-state index >= 15 is 0 Å². The molecule has 2 bridgehead atoms. The van der Waals surface area contributed by atoms with Crippen molar-refractivity contribution in [1.82, 2.24) is 9.80 Å². The van der Waals surface area contributed by atoms with E-state index in [1.807, 2.05) is 109 Å². The Kier molecular flexibility index (Phi) is 6.78. The lowest BCUT2D eigenvalue weighted by molar-refractivity contribution is -0.145. The number of carboxylic acid groups (broad SMARTS) is 1. The molecule has 0 radical (unpaired) electrons. The fourth-order valence-electron chi connectivity index (χ4n) is 6.09. The van der Waals surface area contributed by atoms with Gasteiger partial charge in [0.15, 0.2) is 6.04 Å². The summed E-state index contributed by atoms with van der Waals surface area (Å²) in [4.78, 5) is 45.8. The Hall–Kier alpha value is -4.91. The first kappa shape index (κ1) is 25.4. The second-order valence-corrected chi connectivity index (χ2v) is 10.1. The minimum Gasteiger partial charge on any atom is -0.480 e. The lowest BCUT2D eigenvalue weighted by Crippen LogP contribution is -2.66. The van der Waals surface area contributed by atoms with Crippen molar-refractivity contribution in [3.8, 4) is 11.1 Å². The largest absolute Gasteiger partial charge is 0.480 e. The maximum atomic E-state index is 14.2. The predicted molar refractivity (Wildman–Crippen MR) is 153 cm³/mol. The number of anilines is 2. The van der Waals surface area contributed by atoms with Crippen LogP contribution >= 0.6 is 0 Å². The van der Waals surface area contributed by atoms with Gasteiger partial charge >= 0.3 is 12.0 Å². The molecule has 3 atom stereocenters. The topological polar surface area (TPSA) is 81.2 Å². The summed E-state index contributed by atoms with van der Waals surface area (Å²) in [5, 5.41) is 10.5. The molecule has 40 heavy (non-hydrogen) atoms. The van der Waals surface area contributed by atoms with Crippen molar-refractivity contribution in [2.24, 2.45) is 0 Å². The molecule has 0 unspecified atom stereocenters. The maximum Gasteiger partial charge on any atom is 0.329 e. The van der Waals surface area contributed by atoms with Gasteiger partial charge in [0.05, 0.1) is 23.5 Å². The summed E-state index contributed by atoms with van der Waals surface area (Å²) in [6.07, 6.45) is 1.15. The molecule has 2 heterocycles. The molecule has 0 aliphatic carbocycles. The molecule has 1 N–H and O–H groups in total. The minimum atomic E-state index is -1.17. The van der Waals surface area contributed by atoms with E-state index in [1.165, 1.54) is 4.90 Å². The van der Waals surface area contributed by atoms with Crippen molar-refractivity contribution in [3.05, 3.63) is 121 Å². The van der Waals surface area contributed by atoms with Crippen LogP contribution in [0.5, 0.6) is 0 Å². The zero-order valence-electron chi connectivity index (χ0n) is 21.8. The predicted octanol–water partition coefficient (Wildman–Crippen LogP) is 6.05. The Balaban J connectivity index is 1.36. The number of fused-ring (bicyclic) bond motifs is 2. The highest BCUT2D eigenvalue weighted by Crippen LogP contribution is 2.39. The van der Waals surface area contributed by atoms with E-state index in [0.29, 0.717) is 29.8 Å². The average molecular weight is 532 g/mol. The number of para-hydroxylation sites is 2. The van der Waals surface area contributed by atoms with Crippen molar-refractivity contribution in [3.63, 3.8) is 0 Å². The van der Waals surface area contributed by atoms with E-state index in [4.69, 9.17) is 0 Å². The molecule has 0 spiro atoms. The molecular weight excluding hydrogens is 502 g/mol. The Labute approximate surface area is 232 Å². The van der Waals surface area contributed by atoms with Gasteiger partial charge in [0.1, 0.15) is 0 Å². The van der Waals surface area contributed by atoms with Gasteiger partial charge in [0, 0.05) is 12.1 Å². The Morgan fingerprint density at radius 2 is 1.25 bits per heavy atom. The van der Waals surface area contributed by atoms with Gasteiger partial charge in [-0.1, -0.05) is 84.9 Å². The van der Waals surface area contributed by atoms with Gasteiger partial charge in [-0.2, -0.15) is 0 Å². The molecule has 6 rings (SSSR count). The van der Waals surface area contributed by atoms with Crippen molar-refractivity contribution in [2.75, 3.05) is 11.4 Å². The summed E-state index contributed by atoms with van der Waals surface area (Å²) in [6.45, 7) is 0.141. The summed E-state index contributed by atoms with van der Waals surface area (Å²) in [7, 11) is 0. The van der Waals surface area contributed by atoms with Crippen LogP contribution in [0.3, 0.4) is 0 Å². The first-order valence-electron chi connectivity index (χ1n) is 13.5. The fourth-order valence-corrected chi connectivity index (χ4v) is 6.09. The number of carbonyl (C=O) groups is 3. The molecule has 0 aromatic heterocycles. The van der Waals surface area contributed by atoms with Gasteiger partial charge in [-0.15, -0.1) is 0 Å². The average Bonchev–Trinajstić information content (AvgIpc) is 3.30. The van der Waals surface area contributed by atoms with Crippen LogP contribution < -0.4 is 4.90 Å². The van der Waals surface area contributed by atoms with Crippen LogP contribution in [0.25, 0.3) is 11.1 Å². The molecule has 2 saturated heterocycles. The molecule has 7 nitrogen and oxygen atoms in total. The minimum absolute atomic E-state index is 0.141. The van der Waals surface area contributed by atoms with Crippen molar-refractivity contribution < 1.29 is 19.5 Å². The van der Waals surface area contributed by atoms with Crippen LogP contribution in [0.1, 0.15) is 23.2 Å². The summed E-state index contributed by atoms with van der Waals surface area (Å²) in [6, 6.07) is 33.1. The normalized spacial score (nSPS) is 19.8. The quantitative estimate of drug-likeness (QED) is 0.340. The Bertz CT molecular complexity index is 1490. The number of rotatable bonds is 5. The number of piperazine rings is 1. The third-order valence-electron chi connectivity index (χ3n) is 7.85. The molecule has 200 valence electrons. The molecular formula is C33H29N3O4. The van der Waals surface area contributed by atoms with Gasteiger partial charge < -0.3 is 14.9 Å². The van der Waals surface area contributed by atoms with E-state index < -0.39 is 24.1 Å². The lowest BCUT2D eigenvalue weighted by Gasteiger charge is -2.46. The number of likely N-dealkylation sites (tertiary alicyclic amines) is 1. The van der Waals surface area contributed by atoms with Gasteiger partial charge in [-0.25, -0.2) is 9.59 Å². The zero-order valence-corrected chi connectivity index (χ0v) is 21.8. The third kappa shape index (κ3) is 4.49. The summed E-state index contributed by atoms with van der Waals surface area (Å²) < 4.78 is 0. The fraction of sp³-hybridized carbons (Fsp3) is 0.182. The number of nitrogens with zero attached hydrogens (tertiary/aromatic N) is 3. The number of carbonyl (C=O) groups excluding carboxylic acids is 2. The van der Waals surface area contributed by atoms with E-state index in [2.05, 4.69) is 0 Å². The zero-order chi connectivity index (χ0) is 27.6. The van der Waals surface area contributed by atoms with Gasteiger partial charge in [0.25, 0.3) is 5.91 Å². The highest BCUT2D eigenvalue weighted by atomic mass is 16.4. The second-order valence-electron chi connectivity index (χ2n) is 10.1. The van der Waals surface area contributed by atoms with Crippen LogP contribution in [0.2, 0.25) is 0 Å². The van der Waals surface area contributed by atoms with Crippen LogP contribution in [0.15, 0.2) is 115 Å². The molecule has 7 heteroatoms. The monoisotopic (exact) mass is 531 g/mol. The van der Waals surface area contributed by atoms with Crippen LogP contribution in [-0.2, 0) is 4.79 Å². The third-order valence-corrected chi connectivity index (χ3v) is 7.85. The first-order chi connectivity index (χ1) is 19.5. The summed E-state index contributed by atoms with van der Waals surface area (Å²) in [5.41, 5.74) is 3.54. The number of benzene rings is 4. The lowest BCUT2D eigenvalue weighted by atomic mass is 9.96. The summed E-state index contributed by atoms with van der Waals surface area (Å²) in [5.74, 6) is -1.32. The van der Waals surface area contributed by atoms with Crippen molar-refractivity contribution in [2.45, 2.75) is 31.0 Å². The van der Waals surface area contributed by atoms with Crippen LogP contribution in [0, 0.1) is 0 Å². The van der Waals surface area contributed by atoms with Gasteiger partial charge in [-0.05, 0) is 54.3 Å². The van der Waals surface area contributed by atoms with Crippen molar-refractivity contribution in [1.29, 1.82) is 0 Å². The number of hydrogen-bond acceptors (Lipinski definition) is 3. The van der Waals surface area contributed by atoms with Crippen LogP contribution in [-0.4, -0.2) is 57.5 Å². The molecule has 2 aliphatic rings. The number of carboxylic acids is 1. The highest BCUT2D eigenvalue weighted by molar-refractivity contribution is 6.04. The van der Waals surface area contributed by atoms with Crippen molar-refractivity contribution >= 4 is 29.3 Å². The molecule has 4 aromatic carbocycles. The molecule has 0 saturated carbocycles.